The normalized spacial score (nSPS) is 17.8. The van der Waals surface area contributed by atoms with Gasteiger partial charge < -0.3 is 10.4 Å². The van der Waals surface area contributed by atoms with E-state index < -0.39 is 11.4 Å². The lowest BCUT2D eigenvalue weighted by molar-refractivity contribution is -0.127. The van der Waals surface area contributed by atoms with Gasteiger partial charge in [-0.3, -0.25) is 4.79 Å². The van der Waals surface area contributed by atoms with E-state index in [4.69, 9.17) is 11.6 Å². The van der Waals surface area contributed by atoms with Crippen molar-refractivity contribution >= 4 is 17.5 Å². The number of halogens is 2. The molecule has 0 aromatic heterocycles. The second-order valence-corrected chi connectivity index (χ2v) is 5.89. The van der Waals surface area contributed by atoms with Crippen LogP contribution in [0.1, 0.15) is 44.1 Å². The molecular weight excluding hydrogens is 281 g/mol. The Morgan fingerprint density at radius 2 is 2.05 bits per heavy atom. The summed E-state index contributed by atoms with van der Waals surface area (Å²) in [4.78, 5) is 11.9. The summed E-state index contributed by atoms with van der Waals surface area (Å²) in [5, 5.41) is 13.1. The van der Waals surface area contributed by atoms with Crippen molar-refractivity contribution in [2.75, 3.05) is 0 Å². The smallest absolute Gasteiger partial charge is 0.223 e. The summed E-state index contributed by atoms with van der Waals surface area (Å²) in [7, 11) is 0. The fourth-order valence-corrected chi connectivity index (χ4v) is 2.80. The Morgan fingerprint density at radius 3 is 2.70 bits per heavy atom. The summed E-state index contributed by atoms with van der Waals surface area (Å²) in [6.45, 7) is 0.287. The van der Waals surface area contributed by atoms with Crippen LogP contribution in [0.5, 0.6) is 0 Å². The minimum absolute atomic E-state index is 0.0441. The lowest BCUT2D eigenvalue weighted by atomic mass is 9.82. The van der Waals surface area contributed by atoms with Crippen LogP contribution in [0, 0.1) is 5.82 Å². The lowest BCUT2D eigenvalue weighted by Crippen LogP contribution is -2.38. The summed E-state index contributed by atoms with van der Waals surface area (Å²) >= 11 is 5.68. The van der Waals surface area contributed by atoms with Crippen molar-refractivity contribution in [1.29, 1.82) is 0 Å². The van der Waals surface area contributed by atoms with Crippen molar-refractivity contribution in [3.05, 3.63) is 34.6 Å². The SMILES string of the molecule is O=C(CC1(O)CCCCC1)NCc1ccc(F)c(Cl)c1. The third-order valence-corrected chi connectivity index (χ3v) is 4.04. The molecule has 1 saturated carbocycles. The first-order valence-electron chi connectivity index (χ1n) is 6.92. The highest BCUT2D eigenvalue weighted by Crippen LogP contribution is 2.30. The minimum Gasteiger partial charge on any atom is -0.389 e. The molecule has 1 aromatic carbocycles. The molecule has 0 unspecified atom stereocenters. The van der Waals surface area contributed by atoms with Crippen molar-refractivity contribution in [1.82, 2.24) is 5.32 Å². The molecule has 0 bridgehead atoms. The van der Waals surface area contributed by atoms with Crippen LogP contribution in [0.25, 0.3) is 0 Å². The van der Waals surface area contributed by atoms with Gasteiger partial charge in [-0.25, -0.2) is 4.39 Å². The van der Waals surface area contributed by atoms with Crippen LogP contribution in [0.15, 0.2) is 18.2 Å². The Kier molecular flexibility index (Phi) is 5.00. The van der Waals surface area contributed by atoms with Crippen LogP contribution in [-0.4, -0.2) is 16.6 Å². The molecule has 1 aliphatic carbocycles. The molecule has 1 aliphatic rings. The Hall–Kier alpha value is -1.13. The number of aliphatic hydroxyl groups is 1. The Bertz CT molecular complexity index is 487. The monoisotopic (exact) mass is 299 g/mol. The van der Waals surface area contributed by atoms with E-state index in [2.05, 4.69) is 5.32 Å². The number of hydrogen-bond acceptors (Lipinski definition) is 2. The van der Waals surface area contributed by atoms with Crippen molar-refractivity contribution in [2.45, 2.75) is 50.7 Å². The number of carbonyl (C=O) groups is 1. The maximum absolute atomic E-state index is 13.0. The molecule has 3 nitrogen and oxygen atoms in total. The molecule has 5 heteroatoms. The second-order valence-electron chi connectivity index (χ2n) is 5.49. The molecule has 110 valence electrons. The van der Waals surface area contributed by atoms with Gasteiger partial charge in [-0.15, -0.1) is 0 Å². The van der Waals surface area contributed by atoms with Crippen LogP contribution < -0.4 is 5.32 Å². The largest absolute Gasteiger partial charge is 0.389 e. The van der Waals surface area contributed by atoms with Crippen molar-refractivity contribution in [3.63, 3.8) is 0 Å². The summed E-state index contributed by atoms with van der Waals surface area (Å²) < 4.78 is 13.0. The zero-order valence-corrected chi connectivity index (χ0v) is 12.0. The number of rotatable bonds is 4. The molecule has 0 spiro atoms. The van der Waals surface area contributed by atoms with Gasteiger partial charge in [0.05, 0.1) is 17.0 Å². The number of benzene rings is 1. The number of carbonyl (C=O) groups excluding carboxylic acids is 1. The number of hydrogen-bond donors (Lipinski definition) is 2. The molecule has 2 N–H and O–H groups in total. The molecular formula is C15H19ClFNO2. The predicted octanol–water partition coefficient (Wildman–Crippen LogP) is 3.18. The third-order valence-electron chi connectivity index (χ3n) is 3.75. The highest BCUT2D eigenvalue weighted by Gasteiger charge is 2.31. The van der Waals surface area contributed by atoms with Crippen LogP contribution in [0.3, 0.4) is 0 Å². The zero-order chi connectivity index (χ0) is 14.6. The van der Waals surface area contributed by atoms with Gasteiger partial charge in [0.2, 0.25) is 5.91 Å². The van der Waals surface area contributed by atoms with Crippen molar-refractivity contribution < 1.29 is 14.3 Å². The minimum atomic E-state index is -0.858. The quantitative estimate of drug-likeness (QED) is 0.897. The predicted molar refractivity (Wildman–Crippen MR) is 75.9 cm³/mol. The second kappa shape index (κ2) is 6.55. The van der Waals surface area contributed by atoms with Gasteiger partial charge in [0, 0.05) is 6.54 Å². The van der Waals surface area contributed by atoms with E-state index in [9.17, 15) is 14.3 Å². The first-order valence-corrected chi connectivity index (χ1v) is 7.29. The molecule has 20 heavy (non-hydrogen) atoms. The molecule has 0 radical (unpaired) electrons. The fourth-order valence-electron chi connectivity index (χ4n) is 2.60. The number of amides is 1. The summed E-state index contributed by atoms with van der Waals surface area (Å²) in [5.74, 6) is -0.659. The summed E-state index contributed by atoms with van der Waals surface area (Å²) in [5.41, 5.74) is -0.122. The van der Waals surface area contributed by atoms with E-state index in [1.165, 1.54) is 12.1 Å². The third kappa shape index (κ3) is 4.18. The molecule has 1 amide bonds. The average molecular weight is 300 g/mol. The Balaban J connectivity index is 1.84. The van der Waals surface area contributed by atoms with E-state index >= 15 is 0 Å². The van der Waals surface area contributed by atoms with Crippen LogP contribution in [-0.2, 0) is 11.3 Å². The molecule has 2 rings (SSSR count). The van der Waals surface area contributed by atoms with Gasteiger partial charge in [0.15, 0.2) is 0 Å². The van der Waals surface area contributed by atoms with Crippen LogP contribution >= 0.6 is 11.6 Å². The van der Waals surface area contributed by atoms with Gasteiger partial charge in [-0.2, -0.15) is 0 Å². The fraction of sp³-hybridized carbons (Fsp3) is 0.533. The van der Waals surface area contributed by atoms with Gasteiger partial charge >= 0.3 is 0 Å². The summed E-state index contributed by atoms with van der Waals surface area (Å²) in [6.07, 6.45) is 4.56. The van der Waals surface area contributed by atoms with Crippen molar-refractivity contribution in [3.8, 4) is 0 Å². The molecule has 1 fully saturated rings. The van der Waals surface area contributed by atoms with E-state index in [0.29, 0.717) is 12.8 Å². The highest BCUT2D eigenvalue weighted by molar-refractivity contribution is 6.30. The standard InChI is InChI=1S/C15H19ClFNO2/c16-12-8-11(4-5-13(12)17)10-18-14(19)9-15(20)6-2-1-3-7-15/h4-5,8,20H,1-3,6-7,9-10H2,(H,18,19). The van der Waals surface area contributed by atoms with Gasteiger partial charge in [-0.05, 0) is 30.5 Å². The molecule has 0 heterocycles. The van der Waals surface area contributed by atoms with Crippen LogP contribution in [0.4, 0.5) is 4.39 Å². The summed E-state index contributed by atoms with van der Waals surface area (Å²) in [6, 6.07) is 4.35. The Morgan fingerprint density at radius 1 is 1.35 bits per heavy atom. The average Bonchev–Trinajstić information content (AvgIpc) is 2.40. The lowest BCUT2D eigenvalue weighted by Gasteiger charge is -2.31. The van der Waals surface area contributed by atoms with Gasteiger partial charge in [0.25, 0.3) is 0 Å². The number of nitrogens with one attached hydrogen (secondary N) is 1. The van der Waals surface area contributed by atoms with Crippen molar-refractivity contribution in [2.24, 2.45) is 0 Å². The van der Waals surface area contributed by atoms with Gasteiger partial charge in [-0.1, -0.05) is 36.9 Å². The van der Waals surface area contributed by atoms with Crippen LogP contribution in [0.2, 0.25) is 5.02 Å². The maximum Gasteiger partial charge on any atom is 0.223 e. The molecule has 0 saturated heterocycles. The maximum atomic E-state index is 13.0. The first-order chi connectivity index (χ1) is 9.48. The van der Waals surface area contributed by atoms with E-state index in [-0.39, 0.29) is 23.9 Å². The molecule has 1 aromatic rings. The van der Waals surface area contributed by atoms with E-state index in [1.807, 2.05) is 0 Å². The van der Waals surface area contributed by atoms with Gasteiger partial charge in [0.1, 0.15) is 5.82 Å². The first kappa shape index (κ1) is 15.3. The Labute approximate surface area is 123 Å². The van der Waals surface area contributed by atoms with E-state index in [0.717, 1.165) is 24.8 Å². The molecule has 0 aliphatic heterocycles. The zero-order valence-electron chi connectivity index (χ0n) is 11.3. The molecule has 0 atom stereocenters. The van der Waals surface area contributed by atoms with E-state index in [1.54, 1.807) is 6.07 Å². The highest BCUT2D eigenvalue weighted by atomic mass is 35.5. The topological polar surface area (TPSA) is 49.3 Å².